The number of ketones is 1. The number of allylic oxidation sites excluding steroid dienone is 6. The minimum absolute atomic E-state index is 0.0542. The summed E-state index contributed by atoms with van der Waals surface area (Å²) < 4.78 is 0. The Balaban J connectivity index is 2.18. The molecule has 1 heterocycles. The fourth-order valence-electron chi connectivity index (χ4n) is 2.35. The first kappa shape index (κ1) is 19.0. The molecule has 0 bridgehead atoms. The van der Waals surface area contributed by atoms with Crippen molar-refractivity contribution in [3.8, 4) is 0 Å². The van der Waals surface area contributed by atoms with Crippen LogP contribution in [0.1, 0.15) is 12.5 Å². The van der Waals surface area contributed by atoms with Gasteiger partial charge in [0.2, 0.25) is 0 Å². The van der Waals surface area contributed by atoms with Crippen molar-refractivity contribution in [1.29, 1.82) is 0 Å². The molecule has 5 nitrogen and oxygen atoms in total. The fourth-order valence-corrected chi connectivity index (χ4v) is 2.35. The van der Waals surface area contributed by atoms with Crippen LogP contribution in [0.25, 0.3) is 6.08 Å². The monoisotopic (exact) mass is 349 g/mol. The minimum Gasteiger partial charge on any atom is -0.385 e. The highest BCUT2D eigenvalue weighted by Gasteiger charge is 2.10. The van der Waals surface area contributed by atoms with Crippen LogP contribution < -0.4 is 16.0 Å². The number of anilines is 1. The van der Waals surface area contributed by atoms with Crippen molar-refractivity contribution in [2.75, 3.05) is 18.9 Å². The van der Waals surface area contributed by atoms with Gasteiger partial charge in [-0.1, -0.05) is 43.0 Å². The molecular weight excluding hydrogens is 326 g/mol. The molecule has 26 heavy (non-hydrogen) atoms. The van der Waals surface area contributed by atoms with Gasteiger partial charge in [-0.2, -0.15) is 0 Å². The Morgan fingerprint density at radius 1 is 1.27 bits per heavy atom. The third-order valence-corrected chi connectivity index (χ3v) is 3.65. The van der Waals surface area contributed by atoms with Crippen LogP contribution in [0.4, 0.5) is 5.69 Å². The summed E-state index contributed by atoms with van der Waals surface area (Å²) >= 11 is 0. The molecule has 0 radical (unpaired) electrons. The number of amides is 1. The molecule has 1 amide bonds. The van der Waals surface area contributed by atoms with Gasteiger partial charge >= 0.3 is 0 Å². The van der Waals surface area contributed by atoms with Crippen molar-refractivity contribution in [2.45, 2.75) is 6.92 Å². The zero-order valence-corrected chi connectivity index (χ0v) is 15.0. The Labute approximate surface area is 153 Å². The molecular formula is C21H23N3O2. The number of benzene rings is 1. The summed E-state index contributed by atoms with van der Waals surface area (Å²) in [4.78, 5) is 24.1. The lowest BCUT2D eigenvalue weighted by Gasteiger charge is -2.11. The predicted molar refractivity (Wildman–Crippen MR) is 106 cm³/mol. The molecule has 0 unspecified atom stereocenters. The summed E-state index contributed by atoms with van der Waals surface area (Å²) in [5.41, 5.74) is 3.12. The second-order valence-electron chi connectivity index (χ2n) is 5.74. The summed E-state index contributed by atoms with van der Waals surface area (Å²) in [5.74, 6) is -0.308. The average molecular weight is 349 g/mol. The Bertz CT molecular complexity index is 829. The summed E-state index contributed by atoms with van der Waals surface area (Å²) in [6, 6.07) is 7.30. The van der Waals surface area contributed by atoms with Gasteiger partial charge in [0.05, 0.1) is 5.70 Å². The van der Waals surface area contributed by atoms with Gasteiger partial charge < -0.3 is 16.0 Å². The molecule has 0 atom stereocenters. The number of likely N-dealkylation sites (N-methyl/N-ethyl adjacent to an activating group) is 1. The van der Waals surface area contributed by atoms with E-state index in [1.54, 1.807) is 25.3 Å². The first-order valence-corrected chi connectivity index (χ1v) is 8.29. The highest BCUT2D eigenvalue weighted by atomic mass is 16.2. The molecule has 134 valence electrons. The molecule has 1 aromatic rings. The van der Waals surface area contributed by atoms with Crippen LogP contribution in [0.3, 0.4) is 0 Å². The number of nitrogens with one attached hydrogen (secondary N) is 3. The Kier molecular flexibility index (Phi) is 6.74. The highest BCUT2D eigenvalue weighted by molar-refractivity contribution is 6.04. The normalized spacial score (nSPS) is 18.9. The molecule has 0 aromatic heterocycles. The van der Waals surface area contributed by atoms with E-state index in [4.69, 9.17) is 0 Å². The molecule has 3 N–H and O–H groups in total. The molecule has 0 spiro atoms. The molecule has 0 saturated carbocycles. The van der Waals surface area contributed by atoms with Crippen LogP contribution in [-0.4, -0.2) is 25.3 Å². The van der Waals surface area contributed by atoms with Crippen molar-refractivity contribution < 1.29 is 9.59 Å². The van der Waals surface area contributed by atoms with Crippen molar-refractivity contribution in [2.24, 2.45) is 0 Å². The zero-order valence-electron chi connectivity index (χ0n) is 15.0. The van der Waals surface area contributed by atoms with Crippen LogP contribution in [0, 0.1) is 0 Å². The maximum absolute atomic E-state index is 12.6. The third-order valence-electron chi connectivity index (χ3n) is 3.65. The Morgan fingerprint density at radius 2 is 2.08 bits per heavy atom. The van der Waals surface area contributed by atoms with Crippen LogP contribution in [0.15, 0.2) is 78.2 Å². The van der Waals surface area contributed by atoms with E-state index in [1.807, 2.05) is 42.5 Å². The molecule has 2 rings (SSSR count). The lowest BCUT2D eigenvalue weighted by Crippen LogP contribution is -2.26. The van der Waals surface area contributed by atoms with Gasteiger partial charge in [0.25, 0.3) is 5.91 Å². The van der Waals surface area contributed by atoms with Gasteiger partial charge in [0, 0.05) is 26.2 Å². The summed E-state index contributed by atoms with van der Waals surface area (Å²) in [7, 11) is 1.70. The van der Waals surface area contributed by atoms with Crippen molar-refractivity contribution in [3.63, 3.8) is 0 Å². The van der Waals surface area contributed by atoms with Gasteiger partial charge in [0.15, 0.2) is 5.78 Å². The van der Waals surface area contributed by atoms with Gasteiger partial charge in [-0.25, -0.2) is 0 Å². The average Bonchev–Trinajstić information content (AvgIpc) is 2.71. The second kappa shape index (κ2) is 9.22. The van der Waals surface area contributed by atoms with Crippen molar-refractivity contribution in [1.82, 2.24) is 10.6 Å². The maximum Gasteiger partial charge on any atom is 0.271 e. The van der Waals surface area contributed by atoms with E-state index >= 15 is 0 Å². The number of hydrogen-bond acceptors (Lipinski definition) is 4. The predicted octanol–water partition coefficient (Wildman–Crippen LogP) is 2.93. The van der Waals surface area contributed by atoms with E-state index in [0.29, 0.717) is 23.6 Å². The van der Waals surface area contributed by atoms with E-state index < -0.39 is 0 Å². The summed E-state index contributed by atoms with van der Waals surface area (Å²) in [6.07, 6.45) is 11.0. The maximum atomic E-state index is 12.6. The number of carbonyl (C=O) groups is 2. The Hall–Kier alpha value is -3.34. The first-order valence-electron chi connectivity index (χ1n) is 8.29. The van der Waals surface area contributed by atoms with Gasteiger partial charge in [-0.05, 0) is 35.4 Å². The van der Waals surface area contributed by atoms with Crippen LogP contribution in [0.5, 0.6) is 0 Å². The van der Waals surface area contributed by atoms with Gasteiger partial charge in [0.1, 0.15) is 5.70 Å². The molecule has 1 aliphatic heterocycles. The second-order valence-corrected chi connectivity index (χ2v) is 5.74. The number of carbonyl (C=O) groups excluding carboxylic acids is 2. The highest BCUT2D eigenvalue weighted by Crippen LogP contribution is 2.15. The van der Waals surface area contributed by atoms with Crippen LogP contribution in [-0.2, 0) is 9.59 Å². The van der Waals surface area contributed by atoms with Gasteiger partial charge in [-0.15, -0.1) is 0 Å². The van der Waals surface area contributed by atoms with E-state index in [2.05, 4.69) is 22.5 Å². The van der Waals surface area contributed by atoms with Crippen molar-refractivity contribution in [3.05, 3.63) is 83.8 Å². The minimum atomic E-state index is -0.253. The molecule has 5 heteroatoms. The zero-order chi connectivity index (χ0) is 18.9. The van der Waals surface area contributed by atoms with Crippen molar-refractivity contribution >= 4 is 23.5 Å². The SMILES string of the molecule is C=C1/C=C\C=C/CN/C(C(=O)Nc2cccc(/C=C(\NC)C(C)=O)c2)=C\1. The Morgan fingerprint density at radius 3 is 2.81 bits per heavy atom. The molecule has 1 aliphatic rings. The van der Waals surface area contributed by atoms with Crippen LogP contribution in [0.2, 0.25) is 0 Å². The van der Waals surface area contributed by atoms with E-state index in [1.165, 1.54) is 6.92 Å². The largest absolute Gasteiger partial charge is 0.385 e. The molecule has 1 aromatic carbocycles. The van der Waals surface area contributed by atoms with Gasteiger partial charge in [-0.3, -0.25) is 9.59 Å². The van der Waals surface area contributed by atoms with E-state index in [0.717, 1.165) is 11.1 Å². The van der Waals surface area contributed by atoms with Crippen LogP contribution >= 0.6 is 0 Å². The fraction of sp³-hybridized carbons (Fsp3) is 0.143. The number of Topliss-reactive ketones (excluding diaryl/α,β-unsaturated/α-hetero) is 1. The lowest BCUT2D eigenvalue weighted by molar-refractivity contribution is -0.114. The first-order chi connectivity index (χ1) is 12.5. The third kappa shape index (κ3) is 5.63. The topological polar surface area (TPSA) is 70.2 Å². The number of hydrogen-bond donors (Lipinski definition) is 3. The quantitative estimate of drug-likeness (QED) is 0.715. The van der Waals surface area contributed by atoms with E-state index in [9.17, 15) is 9.59 Å². The smallest absolute Gasteiger partial charge is 0.271 e. The summed E-state index contributed by atoms with van der Waals surface area (Å²) in [6.45, 7) is 5.95. The van der Waals surface area contributed by atoms with E-state index in [-0.39, 0.29) is 11.7 Å². The lowest BCUT2D eigenvalue weighted by atomic mass is 10.1. The standard InChI is InChI=1S/C21H23N3O2/c1-15-8-5-4-6-11-23-20(12-15)21(26)24-18-10-7-9-17(13-18)14-19(22-3)16(2)25/h4-10,12-14,22-23H,1,11H2,2-3H3,(H,24,26)/b6-4-,8-5-,19-14-,20-12-. The molecule has 0 saturated heterocycles. The molecule has 0 aliphatic carbocycles. The molecule has 0 fully saturated rings. The number of rotatable bonds is 5. The summed E-state index contributed by atoms with van der Waals surface area (Å²) in [5, 5.41) is 8.81.